The quantitative estimate of drug-likeness (QED) is 0.0361. The van der Waals surface area contributed by atoms with Gasteiger partial charge < -0.3 is 20.6 Å². The van der Waals surface area contributed by atoms with E-state index in [1.54, 1.807) is 0 Å². The van der Waals surface area contributed by atoms with Gasteiger partial charge in [0.25, 0.3) is 0 Å². The van der Waals surface area contributed by atoms with Crippen molar-refractivity contribution >= 4 is 5.91 Å². The van der Waals surface area contributed by atoms with Crippen molar-refractivity contribution in [2.75, 3.05) is 6.61 Å². The van der Waals surface area contributed by atoms with Crippen LogP contribution < -0.4 is 5.32 Å². The summed E-state index contributed by atoms with van der Waals surface area (Å²) in [6.45, 7) is 4.20. The zero-order valence-electron chi connectivity index (χ0n) is 44.6. The van der Waals surface area contributed by atoms with Gasteiger partial charge in [0, 0.05) is 6.42 Å². The van der Waals surface area contributed by atoms with Crippen LogP contribution in [0.15, 0.2) is 36.5 Å². The molecule has 0 aliphatic rings. The highest BCUT2D eigenvalue weighted by atomic mass is 16.3. The van der Waals surface area contributed by atoms with Crippen molar-refractivity contribution in [3.63, 3.8) is 0 Å². The molecule has 4 N–H and O–H groups in total. The molecule has 0 aliphatic heterocycles. The molecular formula is C61H117NO4. The second kappa shape index (κ2) is 56.2. The number of aliphatic hydroxyl groups is 3. The van der Waals surface area contributed by atoms with E-state index in [0.717, 1.165) is 44.9 Å². The Balaban J connectivity index is 3.54. The Hall–Kier alpha value is -1.43. The van der Waals surface area contributed by atoms with E-state index in [0.29, 0.717) is 12.8 Å². The molecule has 390 valence electrons. The Labute approximate surface area is 413 Å². The van der Waals surface area contributed by atoms with Gasteiger partial charge in [0.05, 0.1) is 18.8 Å². The van der Waals surface area contributed by atoms with Gasteiger partial charge in [0.15, 0.2) is 0 Å². The first kappa shape index (κ1) is 64.6. The molecule has 0 heterocycles. The molecule has 3 atom stereocenters. The normalized spacial score (nSPS) is 13.5. The lowest BCUT2D eigenvalue weighted by Gasteiger charge is -2.26. The lowest BCUT2D eigenvalue weighted by Crippen LogP contribution is -2.50. The lowest BCUT2D eigenvalue weighted by molar-refractivity contribution is -0.124. The predicted octanol–water partition coefficient (Wildman–Crippen LogP) is 18.6. The number of aliphatic hydroxyl groups excluding tert-OH is 3. The van der Waals surface area contributed by atoms with E-state index in [9.17, 15) is 20.1 Å². The Morgan fingerprint density at radius 3 is 0.970 bits per heavy atom. The van der Waals surface area contributed by atoms with Crippen molar-refractivity contribution in [2.45, 2.75) is 340 Å². The third kappa shape index (κ3) is 50.4. The summed E-state index contributed by atoms with van der Waals surface area (Å²) in [6.07, 6.45) is 73.1. The average Bonchev–Trinajstić information content (AvgIpc) is 3.32. The minimum Gasteiger partial charge on any atom is -0.394 e. The SMILES string of the molecule is CCCCCCCCCCC/C=C\C/C=C\CCCCCCCCCCCCCCCCCC(=O)NC(CO)C(O)C(O)CCC/C=C/CCCCCCCCCCCCCCCCCC. The molecule has 0 aromatic rings. The maximum absolute atomic E-state index is 12.5. The van der Waals surface area contributed by atoms with E-state index in [1.165, 1.54) is 250 Å². The van der Waals surface area contributed by atoms with Crippen LogP contribution in [0, 0.1) is 0 Å². The first-order chi connectivity index (χ1) is 32.6. The van der Waals surface area contributed by atoms with Gasteiger partial charge in [-0.05, 0) is 70.6 Å². The van der Waals surface area contributed by atoms with Crippen LogP contribution in [0.25, 0.3) is 0 Å². The van der Waals surface area contributed by atoms with Gasteiger partial charge in [-0.3, -0.25) is 4.79 Å². The van der Waals surface area contributed by atoms with E-state index in [2.05, 4.69) is 55.6 Å². The fourth-order valence-corrected chi connectivity index (χ4v) is 9.37. The highest BCUT2D eigenvalue weighted by Gasteiger charge is 2.26. The summed E-state index contributed by atoms with van der Waals surface area (Å²) < 4.78 is 0. The van der Waals surface area contributed by atoms with Crippen molar-refractivity contribution < 1.29 is 20.1 Å². The number of rotatable bonds is 55. The Kier molecular flexibility index (Phi) is 54.9. The molecule has 0 bridgehead atoms. The molecule has 0 aromatic carbocycles. The van der Waals surface area contributed by atoms with E-state index in [-0.39, 0.29) is 12.5 Å². The van der Waals surface area contributed by atoms with Crippen molar-refractivity contribution in [3.8, 4) is 0 Å². The Bertz CT molecular complexity index is 1020. The zero-order valence-corrected chi connectivity index (χ0v) is 44.6. The standard InChI is InChI=1S/C61H117NO4/c1-3-5-7-9-11-13-15-17-19-21-23-25-26-27-28-29-30-31-32-33-34-36-38-40-42-44-46-48-50-52-54-56-60(65)62-58(57-63)61(66)59(64)55-53-51-49-47-45-43-41-39-37-35-24-22-20-18-16-14-12-10-8-6-4-2/h23,25,27-28,47,49,58-59,61,63-64,66H,3-22,24,26,29-46,48,50-57H2,1-2H3,(H,62,65)/b25-23-,28-27-,49-47+. The average molecular weight is 929 g/mol. The molecule has 5 heteroatoms. The van der Waals surface area contributed by atoms with E-state index >= 15 is 0 Å². The smallest absolute Gasteiger partial charge is 0.220 e. The molecule has 0 rings (SSSR count). The molecule has 1 amide bonds. The van der Waals surface area contributed by atoms with Crippen molar-refractivity contribution in [3.05, 3.63) is 36.5 Å². The maximum Gasteiger partial charge on any atom is 0.220 e. The molecular weight excluding hydrogens is 811 g/mol. The molecule has 5 nitrogen and oxygen atoms in total. The third-order valence-corrected chi connectivity index (χ3v) is 14.0. The fraction of sp³-hybridized carbons (Fsp3) is 0.885. The van der Waals surface area contributed by atoms with Crippen LogP contribution in [0.5, 0.6) is 0 Å². The Morgan fingerprint density at radius 1 is 0.379 bits per heavy atom. The summed E-state index contributed by atoms with van der Waals surface area (Å²) in [5, 5.41) is 33.8. The van der Waals surface area contributed by atoms with Crippen LogP contribution in [0.2, 0.25) is 0 Å². The lowest BCUT2D eigenvalue weighted by atomic mass is 10.0. The van der Waals surface area contributed by atoms with Gasteiger partial charge in [-0.15, -0.1) is 0 Å². The first-order valence-corrected chi connectivity index (χ1v) is 29.8. The van der Waals surface area contributed by atoms with E-state index < -0.39 is 18.2 Å². The third-order valence-electron chi connectivity index (χ3n) is 14.0. The maximum atomic E-state index is 12.5. The molecule has 0 saturated heterocycles. The first-order valence-electron chi connectivity index (χ1n) is 29.8. The largest absolute Gasteiger partial charge is 0.394 e. The van der Waals surface area contributed by atoms with Gasteiger partial charge in [-0.25, -0.2) is 0 Å². The number of hydrogen-bond acceptors (Lipinski definition) is 4. The van der Waals surface area contributed by atoms with Gasteiger partial charge in [0.1, 0.15) is 6.10 Å². The molecule has 66 heavy (non-hydrogen) atoms. The molecule has 0 spiro atoms. The summed E-state index contributed by atoms with van der Waals surface area (Å²) in [4.78, 5) is 12.5. The number of carbonyl (C=O) groups excluding carboxylic acids is 1. The van der Waals surface area contributed by atoms with Crippen LogP contribution in [-0.4, -0.2) is 46.1 Å². The monoisotopic (exact) mass is 928 g/mol. The van der Waals surface area contributed by atoms with Crippen LogP contribution >= 0.6 is 0 Å². The van der Waals surface area contributed by atoms with Gasteiger partial charge >= 0.3 is 0 Å². The van der Waals surface area contributed by atoms with Crippen LogP contribution in [0.1, 0.15) is 322 Å². The van der Waals surface area contributed by atoms with Gasteiger partial charge in [0.2, 0.25) is 5.91 Å². The number of unbranched alkanes of at least 4 members (excludes halogenated alkanes) is 41. The molecule has 0 aliphatic carbocycles. The molecule has 0 saturated carbocycles. The van der Waals surface area contributed by atoms with Crippen LogP contribution in [-0.2, 0) is 4.79 Å². The number of carbonyl (C=O) groups is 1. The molecule has 0 radical (unpaired) electrons. The molecule has 0 fully saturated rings. The fourth-order valence-electron chi connectivity index (χ4n) is 9.37. The van der Waals surface area contributed by atoms with Gasteiger partial charge in [-0.1, -0.05) is 281 Å². The van der Waals surface area contributed by atoms with E-state index in [4.69, 9.17) is 0 Å². The Morgan fingerprint density at radius 2 is 0.652 bits per heavy atom. The van der Waals surface area contributed by atoms with Gasteiger partial charge in [-0.2, -0.15) is 0 Å². The minimum atomic E-state index is -1.16. The molecule has 0 aromatic heterocycles. The van der Waals surface area contributed by atoms with Crippen molar-refractivity contribution in [1.29, 1.82) is 0 Å². The number of hydrogen-bond donors (Lipinski definition) is 4. The highest BCUT2D eigenvalue weighted by molar-refractivity contribution is 5.76. The van der Waals surface area contributed by atoms with Crippen molar-refractivity contribution in [2.24, 2.45) is 0 Å². The number of nitrogens with one attached hydrogen (secondary N) is 1. The second-order valence-corrected chi connectivity index (χ2v) is 20.5. The topological polar surface area (TPSA) is 89.8 Å². The summed E-state index contributed by atoms with van der Waals surface area (Å²) in [7, 11) is 0. The van der Waals surface area contributed by atoms with Crippen LogP contribution in [0.4, 0.5) is 0 Å². The minimum absolute atomic E-state index is 0.150. The summed E-state index contributed by atoms with van der Waals surface area (Å²) in [5.41, 5.74) is 0. The predicted molar refractivity (Wildman–Crippen MR) is 291 cm³/mol. The number of amides is 1. The zero-order chi connectivity index (χ0) is 47.9. The van der Waals surface area contributed by atoms with Crippen LogP contribution in [0.3, 0.4) is 0 Å². The summed E-state index contributed by atoms with van der Waals surface area (Å²) in [6, 6.07) is -0.827. The van der Waals surface area contributed by atoms with E-state index in [1.807, 2.05) is 0 Å². The highest BCUT2D eigenvalue weighted by Crippen LogP contribution is 2.17. The summed E-state index contributed by atoms with van der Waals surface area (Å²) in [5.74, 6) is -0.150. The molecule has 3 unspecified atom stereocenters. The van der Waals surface area contributed by atoms with Crippen molar-refractivity contribution in [1.82, 2.24) is 5.32 Å². The second-order valence-electron chi connectivity index (χ2n) is 20.5. The summed E-state index contributed by atoms with van der Waals surface area (Å²) >= 11 is 0. The number of allylic oxidation sites excluding steroid dienone is 6.